The molecular weight excluding hydrogens is 314 g/mol. The summed E-state index contributed by atoms with van der Waals surface area (Å²) < 4.78 is 5.10. The third-order valence-electron chi connectivity index (χ3n) is 3.81. The van der Waals surface area contributed by atoms with Crippen LogP contribution in [-0.2, 0) is 16.1 Å². The Labute approximate surface area is 141 Å². The van der Waals surface area contributed by atoms with Crippen LogP contribution in [0.4, 0.5) is 0 Å². The normalized spacial score (nSPS) is 18.3. The van der Waals surface area contributed by atoms with Crippen LogP contribution in [0, 0.1) is 19.3 Å². The van der Waals surface area contributed by atoms with Crippen molar-refractivity contribution in [3.05, 3.63) is 17.0 Å². The summed E-state index contributed by atoms with van der Waals surface area (Å²) in [7, 11) is 0. The van der Waals surface area contributed by atoms with Gasteiger partial charge in [0, 0.05) is 24.3 Å². The Morgan fingerprint density at radius 1 is 1.39 bits per heavy atom. The maximum absolute atomic E-state index is 12.5. The Morgan fingerprint density at radius 3 is 2.65 bits per heavy atom. The minimum Gasteiger partial charge on any atom is -0.361 e. The lowest BCUT2D eigenvalue weighted by molar-refractivity contribution is -0.139. The molecule has 0 radical (unpaired) electrons. The van der Waals surface area contributed by atoms with Gasteiger partial charge in [-0.05, 0) is 19.3 Å². The summed E-state index contributed by atoms with van der Waals surface area (Å²) in [6, 6.07) is -0.393. The van der Waals surface area contributed by atoms with Gasteiger partial charge < -0.3 is 14.7 Å². The molecular formula is C16H25N3O3S. The largest absolute Gasteiger partial charge is 0.361 e. The summed E-state index contributed by atoms with van der Waals surface area (Å²) in [5.74, 6) is 1.86. The van der Waals surface area contributed by atoms with Crippen LogP contribution in [0.2, 0.25) is 0 Å². The minimum atomic E-state index is -0.393. The summed E-state index contributed by atoms with van der Waals surface area (Å²) in [6.45, 7) is 10.1. The highest BCUT2D eigenvalue weighted by atomic mass is 32.2. The van der Waals surface area contributed by atoms with Gasteiger partial charge >= 0.3 is 0 Å². The molecule has 1 atom stereocenters. The van der Waals surface area contributed by atoms with E-state index in [1.807, 2.05) is 34.6 Å². The van der Waals surface area contributed by atoms with Crippen LogP contribution in [0.1, 0.15) is 44.2 Å². The van der Waals surface area contributed by atoms with E-state index in [1.54, 1.807) is 16.7 Å². The van der Waals surface area contributed by atoms with Crippen LogP contribution >= 0.6 is 11.8 Å². The summed E-state index contributed by atoms with van der Waals surface area (Å²) in [4.78, 5) is 26.6. The number of aryl methyl sites for hydroxylation is 2. The highest BCUT2D eigenvalue weighted by Gasteiger charge is 2.35. The number of nitrogens with one attached hydrogen (secondary N) is 1. The molecule has 1 aliphatic rings. The average molecular weight is 339 g/mol. The number of hydrogen-bond acceptors (Lipinski definition) is 5. The zero-order valence-electron chi connectivity index (χ0n) is 14.4. The lowest BCUT2D eigenvalue weighted by atomic mass is 9.91. The lowest BCUT2D eigenvalue weighted by Crippen LogP contribution is -2.47. The molecule has 6 nitrogen and oxygen atoms in total. The molecule has 23 heavy (non-hydrogen) atoms. The summed E-state index contributed by atoms with van der Waals surface area (Å²) in [5.41, 5.74) is 1.60. The number of hydrogen-bond donors (Lipinski definition) is 1. The molecule has 1 saturated heterocycles. The number of carbonyl (C=O) groups is 2. The van der Waals surface area contributed by atoms with Crippen molar-refractivity contribution in [3.63, 3.8) is 0 Å². The van der Waals surface area contributed by atoms with Gasteiger partial charge in [-0.2, -0.15) is 0 Å². The van der Waals surface area contributed by atoms with Gasteiger partial charge in [-0.15, -0.1) is 11.8 Å². The first-order chi connectivity index (χ1) is 10.7. The predicted octanol–water partition coefficient (Wildman–Crippen LogP) is 2.25. The molecule has 1 fully saturated rings. The van der Waals surface area contributed by atoms with Crippen LogP contribution in [0.3, 0.4) is 0 Å². The van der Waals surface area contributed by atoms with Gasteiger partial charge in [0.2, 0.25) is 11.8 Å². The van der Waals surface area contributed by atoms with E-state index in [-0.39, 0.29) is 17.2 Å². The molecule has 1 aliphatic heterocycles. The second kappa shape index (κ2) is 6.95. The number of amides is 2. The Balaban J connectivity index is 1.97. The van der Waals surface area contributed by atoms with Crippen LogP contribution in [0.15, 0.2) is 4.52 Å². The Hall–Kier alpha value is -1.50. The number of rotatable bonds is 4. The fourth-order valence-electron chi connectivity index (χ4n) is 2.51. The monoisotopic (exact) mass is 339 g/mol. The number of carbonyl (C=O) groups excluding carboxylic acids is 2. The Morgan fingerprint density at radius 2 is 2.09 bits per heavy atom. The fraction of sp³-hybridized carbons (Fsp3) is 0.688. The molecule has 0 bridgehead atoms. The molecule has 2 amide bonds. The third-order valence-corrected chi connectivity index (χ3v) is 4.82. The van der Waals surface area contributed by atoms with Gasteiger partial charge in [0.05, 0.1) is 11.6 Å². The van der Waals surface area contributed by atoms with Gasteiger partial charge in [-0.1, -0.05) is 25.9 Å². The van der Waals surface area contributed by atoms with Crippen molar-refractivity contribution in [1.82, 2.24) is 15.4 Å². The first-order valence-corrected chi connectivity index (χ1v) is 8.91. The van der Waals surface area contributed by atoms with Gasteiger partial charge in [-0.25, -0.2) is 0 Å². The highest BCUT2D eigenvalue weighted by molar-refractivity contribution is 7.99. The van der Waals surface area contributed by atoms with Gasteiger partial charge in [-0.3, -0.25) is 9.59 Å². The number of aromatic nitrogens is 1. The van der Waals surface area contributed by atoms with E-state index in [9.17, 15) is 9.59 Å². The molecule has 1 aromatic rings. The topological polar surface area (TPSA) is 75.4 Å². The standard InChI is InChI=1S/C16H25N3O3S/c1-10-12(11(2)22-18-10)7-17-15(21)13-8-23-9-19(13)14(20)6-16(3,4)5/h13H,6-9H2,1-5H3,(H,17,21). The number of thioether (sulfide) groups is 1. The molecule has 0 aliphatic carbocycles. The molecule has 1 aromatic heterocycles. The predicted molar refractivity (Wildman–Crippen MR) is 89.9 cm³/mol. The Bertz CT molecular complexity index is 572. The fourth-order valence-corrected chi connectivity index (χ4v) is 3.69. The van der Waals surface area contributed by atoms with Crippen LogP contribution in [0.25, 0.3) is 0 Å². The van der Waals surface area contributed by atoms with Crippen molar-refractivity contribution in [3.8, 4) is 0 Å². The van der Waals surface area contributed by atoms with E-state index in [0.717, 1.165) is 11.3 Å². The maximum atomic E-state index is 12.5. The molecule has 0 aromatic carbocycles. The zero-order valence-corrected chi connectivity index (χ0v) is 15.2. The quantitative estimate of drug-likeness (QED) is 0.910. The van der Waals surface area contributed by atoms with Crippen molar-refractivity contribution in [2.75, 3.05) is 11.6 Å². The van der Waals surface area contributed by atoms with Crippen LogP contribution in [0.5, 0.6) is 0 Å². The van der Waals surface area contributed by atoms with E-state index in [0.29, 0.717) is 30.4 Å². The van der Waals surface area contributed by atoms with Crippen LogP contribution < -0.4 is 5.32 Å². The van der Waals surface area contributed by atoms with Gasteiger partial charge in [0.15, 0.2) is 0 Å². The Kier molecular flexibility index (Phi) is 5.39. The molecule has 1 N–H and O–H groups in total. The second-order valence-corrected chi connectivity index (χ2v) is 8.14. The first kappa shape index (κ1) is 17.8. The van der Waals surface area contributed by atoms with Crippen molar-refractivity contribution in [1.29, 1.82) is 0 Å². The molecule has 0 saturated carbocycles. The molecule has 2 heterocycles. The molecule has 2 rings (SSSR count). The highest BCUT2D eigenvalue weighted by Crippen LogP contribution is 2.26. The minimum absolute atomic E-state index is 0.0417. The zero-order chi connectivity index (χ0) is 17.2. The summed E-state index contributed by atoms with van der Waals surface area (Å²) >= 11 is 1.62. The third kappa shape index (κ3) is 4.50. The van der Waals surface area contributed by atoms with Crippen molar-refractivity contribution in [2.45, 2.75) is 53.6 Å². The SMILES string of the molecule is Cc1noc(C)c1CNC(=O)C1CSCN1C(=O)CC(C)(C)C. The van der Waals surface area contributed by atoms with Crippen molar-refractivity contribution >= 4 is 23.6 Å². The maximum Gasteiger partial charge on any atom is 0.243 e. The molecule has 128 valence electrons. The van der Waals surface area contributed by atoms with Gasteiger partial charge in [0.1, 0.15) is 11.8 Å². The summed E-state index contributed by atoms with van der Waals surface area (Å²) in [5, 5.41) is 6.79. The van der Waals surface area contributed by atoms with E-state index >= 15 is 0 Å². The van der Waals surface area contributed by atoms with E-state index in [1.165, 1.54) is 0 Å². The second-order valence-electron chi connectivity index (χ2n) is 7.14. The smallest absolute Gasteiger partial charge is 0.243 e. The summed E-state index contributed by atoms with van der Waals surface area (Å²) in [6.07, 6.45) is 0.446. The first-order valence-electron chi connectivity index (χ1n) is 7.76. The van der Waals surface area contributed by atoms with Gasteiger partial charge in [0.25, 0.3) is 0 Å². The van der Waals surface area contributed by atoms with E-state index in [4.69, 9.17) is 4.52 Å². The molecule has 1 unspecified atom stereocenters. The number of nitrogens with zero attached hydrogens (tertiary/aromatic N) is 2. The van der Waals surface area contributed by atoms with Crippen molar-refractivity contribution in [2.24, 2.45) is 5.41 Å². The van der Waals surface area contributed by atoms with Crippen molar-refractivity contribution < 1.29 is 14.1 Å². The van der Waals surface area contributed by atoms with E-state index < -0.39 is 6.04 Å². The lowest BCUT2D eigenvalue weighted by Gasteiger charge is -2.26. The average Bonchev–Trinajstić information content (AvgIpc) is 3.03. The molecule has 0 spiro atoms. The molecule has 7 heteroatoms. The van der Waals surface area contributed by atoms with Crippen LogP contribution in [-0.4, -0.2) is 39.5 Å². The van der Waals surface area contributed by atoms with E-state index in [2.05, 4.69) is 10.5 Å².